The van der Waals surface area contributed by atoms with Crippen LogP contribution in [-0.2, 0) is 11.3 Å². The van der Waals surface area contributed by atoms with Crippen molar-refractivity contribution in [3.8, 4) is 0 Å². The molecule has 1 atom stereocenters. The molecule has 1 aliphatic rings. The van der Waals surface area contributed by atoms with E-state index in [0.717, 1.165) is 31.7 Å². The molecule has 0 spiro atoms. The lowest BCUT2D eigenvalue weighted by molar-refractivity contribution is 0.126. The molecular formula is C15H20N4O2. The van der Waals surface area contributed by atoms with E-state index in [1.54, 1.807) is 7.11 Å². The highest BCUT2D eigenvalue weighted by molar-refractivity contribution is 5.22. The highest BCUT2D eigenvalue weighted by Gasteiger charge is 2.21. The zero-order valence-electron chi connectivity index (χ0n) is 12.2. The van der Waals surface area contributed by atoms with Gasteiger partial charge >= 0.3 is 0 Å². The molecule has 1 aromatic heterocycles. The van der Waals surface area contributed by atoms with Gasteiger partial charge in [0.25, 0.3) is 0 Å². The summed E-state index contributed by atoms with van der Waals surface area (Å²) in [5.41, 5.74) is 1.02. The first kappa shape index (κ1) is 14.2. The third kappa shape index (κ3) is 3.47. The molecule has 2 heterocycles. The normalized spacial score (nSPS) is 17.8. The number of aromatic nitrogens is 2. The molecule has 1 N–H and O–H groups in total. The summed E-state index contributed by atoms with van der Waals surface area (Å²) < 4.78 is 10.9. The van der Waals surface area contributed by atoms with Crippen LogP contribution in [0.2, 0.25) is 0 Å². The second kappa shape index (κ2) is 6.80. The molecule has 1 unspecified atom stereocenters. The fraction of sp³-hybridized carbons (Fsp3) is 0.467. The number of hydrogen-bond acceptors (Lipinski definition) is 6. The highest BCUT2D eigenvalue weighted by Crippen LogP contribution is 2.22. The second-order valence-corrected chi connectivity index (χ2v) is 5.10. The fourth-order valence-corrected chi connectivity index (χ4v) is 2.52. The van der Waals surface area contributed by atoms with Crippen molar-refractivity contribution < 1.29 is 9.26 Å². The lowest BCUT2D eigenvalue weighted by Crippen LogP contribution is -2.42. The van der Waals surface area contributed by atoms with E-state index < -0.39 is 0 Å². The van der Waals surface area contributed by atoms with Gasteiger partial charge in [0.2, 0.25) is 11.7 Å². The van der Waals surface area contributed by atoms with Gasteiger partial charge in [-0.1, -0.05) is 35.5 Å². The van der Waals surface area contributed by atoms with E-state index in [2.05, 4.69) is 20.4 Å². The molecule has 6 heteroatoms. The Hall–Kier alpha value is -1.76. The largest absolute Gasteiger partial charge is 0.369 e. The Labute approximate surface area is 124 Å². The van der Waals surface area contributed by atoms with Crippen LogP contribution in [0.4, 0.5) is 0 Å². The van der Waals surface area contributed by atoms with Gasteiger partial charge in [0.05, 0.1) is 6.54 Å². The molecule has 0 bridgehead atoms. The molecular weight excluding hydrogens is 268 g/mol. The van der Waals surface area contributed by atoms with E-state index in [-0.39, 0.29) is 6.10 Å². The maximum atomic E-state index is 5.52. The first-order valence-electron chi connectivity index (χ1n) is 7.20. The Morgan fingerprint density at radius 2 is 2.05 bits per heavy atom. The van der Waals surface area contributed by atoms with Gasteiger partial charge in [0.1, 0.15) is 6.10 Å². The van der Waals surface area contributed by atoms with Crippen molar-refractivity contribution in [2.75, 3.05) is 33.3 Å². The minimum absolute atomic E-state index is 0.285. The van der Waals surface area contributed by atoms with Crippen molar-refractivity contribution in [1.82, 2.24) is 20.4 Å². The van der Waals surface area contributed by atoms with Crippen LogP contribution in [0, 0.1) is 0 Å². The summed E-state index contributed by atoms with van der Waals surface area (Å²) >= 11 is 0. The van der Waals surface area contributed by atoms with Gasteiger partial charge in [-0.2, -0.15) is 4.98 Å². The molecule has 1 fully saturated rings. The summed E-state index contributed by atoms with van der Waals surface area (Å²) in [7, 11) is 1.66. The third-order valence-corrected chi connectivity index (χ3v) is 3.62. The summed E-state index contributed by atoms with van der Waals surface area (Å²) in [5.74, 6) is 1.22. The van der Waals surface area contributed by atoms with E-state index in [9.17, 15) is 0 Å². The summed E-state index contributed by atoms with van der Waals surface area (Å²) in [6, 6.07) is 9.93. The number of nitrogens with one attached hydrogen (secondary N) is 1. The minimum atomic E-state index is -0.285. The Morgan fingerprint density at radius 1 is 1.29 bits per heavy atom. The molecule has 0 aliphatic carbocycles. The standard InChI is InChI=1S/C15H20N4O2/c1-20-14(12-5-3-2-4-6-12)15-17-13(21-18-15)11-19-9-7-16-8-10-19/h2-6,14,16H,7-11H2,1H3. The first-order valence-corrected chi connectivity index (χ1v) is 7.20. The monoisotopic (exact) mass is 288 g/mol. The number of methoxy groups -OCH3 is 1. The number of nitrogens with zero attached hydrogens (tertiary/aromatic N) is 3. The van der Waals surface area contributed by atoms with Gasteiger partial charge in [-0.3, -0.25) is 4.90 Å². The lowest BCUT2D eigenvalue weighted by Gasteiger charge is -2.25. The number of benzene rings is 1. The predicted octanol–water partition coefficient (Wildman–Crippen LogP) is 1.21. The van der Waals surface area contributed by atoms with Gasteiger partial charge in [-0.25, -0.2) is 0 Å². The van der Waals surface area contributed by atoms with Crippen LogP contribution in [0.15, 0.2) is 34.9 Å². The van der Waals surface area contributed by atoms with Crippen molar-refractivity contribution in [2.45, 2.75) is 12.6 Å². The molecule has 1 aliphatic heterocycles. The molecule has 3 rings (SSSR count). The molecule has 1 saturated heterocycles. The summed E-state index contributed by atoms with van der Waals surface area (Å²) in [6.45, 7) is 4.71. The molecule has 2 aromatic rings. The van der Waals surface area contributed by atoms with Crippen molar-refractivity contribution >= 4 is 0 Å². The van der Waals surface area contributed by atoms with E-state index in [4.69, 9.17) is 9.26 Å². The Balaban J connectivity index is 1.71. The Kier molecular flexibility index (Phi) is 4.59. The number of hydrogen-bond donors (Lipinski definition) is 1. The molecule has 6 nitrogen and oxygen atoms in total. The Morgan fingerprint density at radius 3 is 2.76 bits per heavy atom. The SMILES string of the molecule is COC(c1ccccc1)c1noc(CN2CCNCC2)n1. The van der Waals surface area contributed by atoms with Crippen LogP contribution in [0.5, 0.6) is 0 Å². The van der Waals surface area contributed by atoms with Gasteiger partial charge < -0.3 is 14.6 Å². The van der Waals surface area contributed by atoms with Crippen molar-refractivity contribution in [2.24, 2.45) is 0 Å². The van der Waals surface area contributed by atoms with Gasteiger partial charge in [0, 0.05) is 33.3 Å². The van der Waals surface area contributed by atoms with E-state index in [1.807, 2.05) is 30.3 Å². The molecule has 112 valence electrons. The summed E-state index contributed by atoms with van der Waals surface area (Å²) in [4.78, 5) is 6.79. The predicted molar refractivity (Wildman–Crippen MR) is 77.7 cm³/mol. The van der Waals surface area contributed by atoms with Crippen molar-refractivity contribution in [1.29, 1.82) is 0 Å². The molecule has 0 amide bonds. The average molecular weight is 288 g/mol. The molecule has 1 aromatic carbocycles. The van der Waals surface area contributed by atoms with Crippen LogP contribution in [0.25, 0.3) is 0 Å². The average Bonchev–Trinajstić information content (AvgIpc) is 2.98. The minimum Gasteiger partial charge on any atom is -0.369 e. The van der Waals surface area contributed by atoms with E-state index in [0.29, 0.717) is 18.3 Å². The molecule has 21 heavy (non-hydrogen) atoms. The number of ether oxygens (including phenoxy) is 1. The quantitative estimate of drug-likeness (QED) is 0.892. The third-order valence-electron chi connectivity index (χ3n) is 3.62. The maximum Gasteiger partial charge on any atom is 0.240 e. The summed E-state index contributed by atoms with van der Waals surface area (Å²) in [6.07, 6.45) is -0.285. The topological polar surface area (TPSA) is 63.4 Å². The summed E-state index contributed by atoms with van der Waals surface area (Å²) in [5, 5.41) is 7.40. The van der Waals surface area contributed by atoms with Gasteiger partial charge in [-0.15, -0.1) is 0 Å². The zero-order chi connectivity index (χ0) is 14.5. The van der Waals surface area contributed by atoms with Crippen molar-refractivity contribution in [3.63, 3.8) is 0 Å². The highest BCUT2D eigenvalue weighted by atomic mass is 16.5. The Bertz CT molecular complexity index is 552. The fourth-order valence-electron chi connectivity index (χ4n) is 2.52. The van der Waals surface area contributed by atoms with E-state index >= 15 is 0 Å². The first-order chi connectivity index (χ1) is 10.4. The smallest absolute Gasteiger partial charge is 0.240 e. The van der Waals surface area contributed by atoms with Crippen LogP contribution >= 0.6 is 0 Å². The molecule has 0 saturated carbocycles. The van der Waals surface area contributed by atoms with Crippen LogP contribution in [-0.4, -0.2) is 48.3 Å². The lowest BCUT2D eigenvalue weighted by atomic mass is 10.1. The maximum absolute atomic E-state index is 5.52. The van der Waals surface area contributed by atoms with Crippen LogP contribution in [0.3, 0.4) is 0 Å². The zero-order valence-corrected chi connectivity index (χ0v) is 12.2. The van der Waals surface area contributed by atoms with E-state index in [1.165, 1.54) is 0 Å². The molecule has 0 radical (unpaired) electrons. The number of rotatable bonds is 5. The van der Waals surface area contributed by atoms with Crippen molar-refractivity contribution in [3.05, 3.63) is 47.6 Å². The number of piperazine rings is 1. The van der Waals surface area contributed by atoms with Gasteiger partial charge in [-0.05, 0) is 5.56 Å². The van der Waals surface area contributed by atoms with Gasteiger partial charge in [0.15, 0.2) is 0 Å². The second-order valence-electron chi connectivity index (χ2n) is 5.10. The van der Waals surface area contributed by atoms with Crippen LogP contribution in [0.1, 0.15) is 23.4 Å². The van der Waals surface area contributed by atoms with Crippen LogP contribution < -0.4 is 5.32 Å².